The molecule has 0 unspecified atom stereocenters. The molecule has 0 fully saturated rings. The molecular weight excluding hydrogens is 540 g/mol. The molecule has 1 aliphatic heterocycles. The fourth-order valence-electron chi connectivity index (χ4n) is 5.49. The van der Waals surface area contributed by atoms with Crippen LogP contribution in [0.1, 0.15) is 37.8 Å². The lowest BCUT2D eigenvalue weighted by Gasteiger charge is -2.23. The number of amides is 2. The van der Waals surface area contributed by atoms with Crippen LogP contribution in [0.3, 0.4) is 0 Å². The molecular formula is C35H32N4O4. The third-order valence-electron chi connectivity index (χ3n) is 7.70. The molecule has 0 saturated heterocycles. The second-order valence-corrected chi connectivity index (χ2v) is 10.3. The maximum absolute atomic E-state index is 14.1. The number of nitrogens with one attached hydrogen (secondary N) is 1. The first kappa shape index (κ1) is 27.8. The highest BCUT2D eigenvalue weighted by molar-refractivity contribution is 6.07. The molecule has 1 N–H and O–H groups in total. The molecule has 5 aromatic rings. The number of carbonyl (C=O) groups is 2. The lowest BCUT2D eigenvalue weighted by atomic mass is 10.0. The average molecular weight is 573 g/mol. The van der Waals surface area contributed by atoms with Crippen molar-refractivity contribution < 1.29 is 19.1 Å². The molecule has 2 aromatic heterocycles. The number of benzene rings is 3. The molecule has 2 amide bonds. The predicted molar refractivity (Wildman–Crippen MR) is 166 cm³/mol. The van der Waals surface area contributed by atoms with E-state index in [0.29, 0.717) is 43.1 Å². The molecule has 6 rings (SSSR count). The number of fused-ring (bicyclic) bond motifs is 2. The summed E-state index contributed by atoms with van der Waals surface area (Å²) in [5.74, 6) is 1.02. The summed E-state index contributed by atoms with van der Waals surface area (Å²) in [6.45, 7) is 1.27. The van der Waals surface area contributed by atoms with Crippen LogP contribution in [0.15, 0.2) is 103 Å². The fourth-order valence-corrected chi connectivity index (χ4v) is 5.49. The minimum atomic E-state index is -0.155. The number of para-hydroxylation sites is 1. The Morgan fingerprint density at radius 1 is 0.860 bits per heavy atom. The van der Waals surface area contributed by atoms with Crippen molar-refractivity contribution in [3.05, 3.63) is 131 Å². The van der Waals surface area contributed by atoms with E-state index >= 15 is 0 Å². The van der Waals surface area contributed by atoms with Gasteiger partial charge in [0.1, 0.15) is 17.2 Å². The Morgan fingerprint density at radius 2 is 1.72 bits per heavy atom. The van der Waals surface area contributed by atoms with E-state index < -0.39 is 0 Å². The van der Waals surface area contributed by atoms with Gasteiger partial charge in [0, 0.05) is 47.4 Å². The van der Waals surface area contributed by atoms with Gasteiger partial charge in [0.05, 0.1) is 27.3 Å². The zero-order valence-corrected chi connectivity index (χ0v) is 24.1. The summed E-state index contributed by atoms with van der Waals surface area (Å²) in [4.78, 5) is 33.4. The van der Waals surface area contributed by atoms with Gasteiger partial charge < -0.3 is 24.3 Å². The first-order chi connectivity index (χ1) is 21.1. The third-order valence-corrected chi connectivity index (χ3v) is 7.70. The lowest BCUT2D eigenvalue weighted by molar-refractivity contribution is 0.0944. The van der Waals surface area contributed by atoms with Gasteiger partial charge in [-0.2, -0.15) is 0 Å². The first-order valence-electron chi connectivity index (χ1n) is 14.1. The van der Waals surface area contributed by atoms with Crippen LogP contribution in [0, 0.1) is 0 Å². The molecule has 216 valence electrons. The van der Waals surface area contributed by atoms with E-state index in [9.17, 15) is 9.59 Å². The number of methoxy groups -OCH3 is 2. The monoisotopic (exact) mass is 572 g/mol. The SMILES string of the molecule is COc1cccc(-c2ccc(C(=O)N3Cc4ccc(C(=O)NCCc5ccccn5)n4Cc4ccccc43)cc2OC)c1. The summed E-state index contributed by atoms with van der Waals surface area (Å²) in [5.41, 5.74) is 6.42. The fraction of sp³-hybridized carbons (Fsp3) is 0.171. The molecule has 0 radical (unpaired) electrons. The van der Waals surface area contributed by atoms with E-state index in [1.807, 2.05) is 95.6 Å². The molecule has 0 bridgehead atoms. The van der Waals surface area contributed by atoms with Gasteiger partial charge >= 0.3 is 0 Å². The summed E-state index contributed by atoms with van der Waals surface area (Å²) >= 11 is 0. The van der Waals surface area contributed by atoms with Gasteiger partial charge in [-0.3, -0.25) is 14.6 Å². The maximum atomic E-state index is 14.1. The van der Waals surface area contributed by atoms with Crippen LogP contribution in [0.4, 0.5) is 5.69 Å². The van der Waals surface area contributed by atoms with Crippen molar-refractivity contribution in [1.82, 2.24) is 14.9 Å². The Hall–Kier alpha value is -5.37. The van der Waals surface area contributed by atoms with Gasteiger partial charge in [-0.15, -0.1) is 0 Å². The zero-order valence-electron chi connectivity index (χ0n) is 24.1. The number of hydrogen-bond acceptors (Lipinski definition) is 5. The Balaban J connectivity index is 1.27. The van der Waals surface area contributed by atoms with Crippen LogP contribution in [0.5, 0.6) is 11.5 Å². The minimum Gasteiger partial charge on any atom is -0.497 e. The quantitative estimate of drug-likeness (QED) is 0.256. The predicted octanol–water partition coefficient (Wildman–Crippen LogP) is 5.75. The van der Waals surface area contributed by atoms with E-state index in [0.717, 1.165) is 39.5 Å². The van der Waals surface area contributed by atoms with Crippen molar-refractivity contribution in [3.8, 4) is 22.6 Å². The average Bonchev–Trinajstić information content (AvgIpc) is 3.37. The number of rotatable bonds is 8. The largest absolute Gasteiger partial charge is 0.497 e. The first-order valence-corrected chi connectivity index (χ1v) is 14.1. The van der Waals surface area contributed by atoms with E-state index in [2.05, 4.69) is 10.3 Å². The van der Waals surface area contributed by atoms with E-state index in [-0.39, 0.29) is 11.8 Å². The van der Waals surface area contributed by atoms with Crippen molar-refractivity contribution in [2.24, 2.45) is 0 Å². The standard InChI is InChI=1S/C35H32N4O4/c1-42-29-11-7-9-24(20-29)30-15-13-25(21-33(30)43-2)35(41)39-23-28-14-16-32(38(28)22-26-8-3-4-12-31(26)39)34(40)37-19-17-27-10-5-6-18-36-27/h3-16,18,20-21H,17,19,22-23H2,1-2H3,(H,37,40). The number of ether oxygens (including phenoxy) is 2. The van der Waals surface area contributed by atoms with Crippen LogP contribution < -0.4 is 19.7 Å². The summed E-state index contributed by atoms with van der Waals surface area (Å²) in [5, 5.41) is 3.02. The van der Waals surface area contributed by atoms with Crippen LogP contribution in [0.2, 0.25) is 0 Å². The second-order valence-electron chi connectivity index (χ2n) is 10.3. The number of nitrogens with zero attached hydrogens (tertiary/aromatic N) is 3. The third kappa shape index (κ3) is 5.72. The Morgan fingerprint density at radius 3 is 2.53 bits per heavy atom. The van der Waals surface area contributed by atoms with Gasteiger partial charge in [0.15, 0.2) is 0 Å². The lowest BCUT2D eigenvalue weighted by Crippen LogP contribution is -2.31. The Kier molecular flexibility index (Phi) is 7.91. The highest BCUT2D eigenvalue weighted by atomic mass is 16.5. The van der Waals surface area contributed by atoms with Crippen molar-refractivity contribution in [3.63, 3.8) is 0 Å². The van der Waals surface area contributed by atoms with Crippen molar-refractivity contribution in [2.45, 2.75) is 19.5 Å². The zero-order chi connectivity index (χ0) is 29.8. The maximum Gasteiger partial charge on any atom is 0.267 e. The highest BCUT2D eigenvalue weighted by Gasteiger charge is 2.28. The molecule has 0 spiro atoms. The van der Waals surface area contributed by atoms with Crippen molar-refractivity contribution in [1.29, 1.82) is 0 Å². The van der Waals surface area contributed by atoms with Gasteiger partial charge in [0.25, 0.3) is 11.8 Å². The van der Waals surface area contributed by atoms with Crippen LogP contribution >= 0.6 is 0 Å². The second kappa shape index (κ2) is 12.2. The summed E-state index contributed by atoms with van der Waals surface area (Å²) in [6.07, 6.45) is 2.39. The number of carbonyl (C=O) groups excluding carboxylic acids is 2. The molecule has 8 nitrogen and oxygen atoms in total. The minimum absolute atomic E-state index is 0.154. The van der Waals surface area contributed by atoms with Crippen LogP contribution in [-0.4, -0.2) is 42.1 Å². The molecule has 1 aliphatic rings. The summed E-state index contributed by atoms with van der Waals surface area (Å²) < 4.78 is 13.1. The van der Waals surface area contributed by atoms with Gasteiger partial charge in [-0.05, 0) is 71.8 Å². The van der Waals surface area contributed by atoms with Crippen molar-refractivity contribution >= 4 is 17.5 Å². The summed E-state index contributed by atoms with van der Waals surface area (Å²) in [7, 11) is 3.23. The topological polar surface area (TPSA) is 85.7 Å². The van der Waals surface area contributed by atoms with Gasteiger partial charge in [0.2, 0.25) is 0 Å². The smallest absolute Gasteiger partial charge is 0.267 e. The number of anilines is 1. The molecule has 0 saturated carbocycles. The highest BCUT2D eigenvalue weighted by Crippen LogP contribution is 2.35. The molecule has 43 heavy (non-hydrogen) atoms. The van der Waals surface area contributed by atoms with E-state index in [1.54, 1.807) is 31.4 Å². The normalized spacial score (nSPS) is 12.1. The Labute approximate surface area is 250 Å². The molecule has 8 heteroatoms. The number of hydrogen-bond donors (Lipinski definition) is 1. The molecule has 0 aliphatic carbocycles. The van der Waals surface area contributed by atoms with E-state index in [1.165, 1.54) is 0 Å². The summed E-state index contributed by atoms with van der Waals surface area (Å²) in [6, 6.07) is 30.6. The van der Waals surface area contributed by atoms with Crippen LogP contribution in [-0.2, 0) is 19.5 Å². The Bertz CT molecular complexity index is 1780. The number of aromatic nitrogens is 2. The molecule has 0 atom stereocenters. The van der Waals surface area contributed by atoms with Gasteiger partial charge in [-0.1, -0.05) is 36.4 Å². The van der Waals surface area contributed by atoms with Crippen LogP contribution in [0.25, 0.3) is 11.1 Å². The molecule has 3 heterocycles. The van der Waals surface area contributed by atoms with E-state index in [4.69, 9.17) is 9.47 Å². The van der Waals surface area contributed by atoms with Gasteiger partial charge in [-0.25, -0.2) is 0 Å². The molecule has 3 aromatic carbocycles. The van der Waals surface area contributed by atoms with Crippen molar-refractivity contribution in [2.75, 3.05) is 25.7 Å². The number of pyridine rings is 1.